The fourth-order valence-corrected chi connectivity index (χ4v) is 3.41. The molecule has 0 saturated carbocycles. The van der Waals surface area contributed by atoms with Gasteiger partial charge in [-0.25, -0.2) is 4.79 Å². The number of carbonyl (C=O) groups excluding carboxylic acids is 3. The Morgan fingerprint density at radius 3 is 2.68 bits per heavy atom. The fraction of sp³-hybridized carbons (Fsp3) is 0.286. The van der Waals surface area contributed by atoms with Crippen molar-refractivity contribution in [2.75, 3.05) is 20.2 Å². The summed E-state index contributed by atoms with van der Waals surface area (Å²) < 4.78 is 5.27. The summed E-state index contributed by atoms with van der Waals surface area (Å²) in [5.74, 6) is -0.446. The molecule has 31 heavy (non-hydrogen) atoms. The van der Waals surface area contributed by atoms with Crippen molar-refractivity contribution in [1.82, 2.24) is 15.5 Å². The van der Waals surface area contributed by atoms with Crippen LogP contribution in [0.1, 0.15) is 18.1 Å². The normalized spacial score (nSPS) is 17.9. The number of hydrogen-bond acceptors (Lipinski definition) is 6. The smallest absolute Gasteiger partial charge is 0.325 e. The van der Waals surface area contributed by atoms with Crippen LogP contribution in [0.25, 0.3) is 0 Å². The lowest BCUT2D eigenvalue weighted by Gasteiger charge is -2.22. The quantitative estimate of drug-likeness (QED) is 0.375. The van der Waals surface area contributed by atoms with Crippen molar-refractivity contribution < 1.29 is 24.0 Å². The van der Waals surface area contributed by atoms with Crippen LogP contribution in [0.3, 0.4) is 0 Å². The van der Waals surface area contributed by atoms with Crippen LogP contribution in [0.5, 0.6) is 5.75 Å². The van der Waals surface area contributed by atoms with Crippen LogP contribution in [0.2, 0.25) is 0 Å². The van der Waals surface area contributed by atoms with E-state index >= 15 is 0 Å². The minimum absolute atomic E-state index is 0.201. The van der Waals surface area contributed by atoms with E-state index in [-0.39, 0.29) is 11.3 Å². The number of para-hydroxylation sites is 1. The molecule has 162 valence electrons. The molecule has 1 aliphatic heterocycles. The maximum absolute atomic E-state index is 12.9. The molecule has 1 fully saturated rings. The van der Waals surface area contributed by atoms with Gasteiger partial charge in [0.15, 0.2) is 0 Å². The van der Waals surface area contributed by atoms with Gasteiger partial charge in [-0.3, -0.25) is 24.6 Å². The van der Waals surface area contributed by atoms with Crippen molar-refractivity contribution in [3.63, 3.8) is 0 Å². The summed E-state index contributed by atoms with van der Waals surface area (Å²) in [4.78, 5) is 48.9. The lowest BCUT2D eigenvalue weighted by molar-refractivity contribution is -0.385. The van der Waals surface area contributed by atoms with Gasteiger partial charge in [0.2, 0.25) is 5.91 Å². The van der Waals surface area contributed by atoms with Crippen molar-refractivity contribution in [3.05, 3.63) is 69.8 Å². The van der Waals surface area contributed by atoms with E-state index in [0.29, 0.717) is 18.7 Å². The minimum Gasteiger partial charge on any atom is -0.496 e. The van der Waals surface area contributed by atoms with Crippen molar-refractivity contribution in [2.24, 2.45) is 0 Å². The summed E-state index contributed by atoms with van der Waals surface area (Å²) in [7, 11) is 1.56. The zero-order valence-corrected chi connectivity index (χ0v) is 17.1. The van der Waals surface area contributed by atoms with Gasteiger partial charge in [0.25, 0.3) is 11.6 Å². The number of methoxy groups -OCH3 is 1. The summed E-state index contributed by atoms with van der Waals surface area (Å²) in [5, 5.41) is 16.3. The molecular weight excluding hydrogens is 404 g/mol. The molecule has 2 aromatic rings. The first-order valence-electron chi connectivity index (χ1n) is 9.54. The molecule has 1 aliphatic rings. The predicted octanol–water partition coefficient (Wildman–Crippen LogP) is 1.73. The van der Waals surface area contributed by atoms with Crippen LogP contribution in [-0.4, -0.2) is 47.9 Å². The molecule has 0 bridgehead atoms. The zero-order chi connectivity index (χ0) is 22.6. The maximum atomic E-state index is 12.9. The number of ether oxygens (including phenoxy) is 1. The lowest BCUT2D eigenvalue weighted by Crippen LogP contribution is -2.43. The second kappa shape index (κ2) is 8.82. The highest BCUT2D eigenvalue weighted by Gasteiger charge is 2.49. The number of benzene rings is 2. The first kappa shape index (κ1) is 21.8. The third-order valence-electron chi connectivity index (χ3n) is 5.12. The summed E-state index contributed by atoms with van der Waals surface area (Å²) >= 11 is 0. The van der Waals surface area contributed by atoms with Crippen molar-refractivity contribution >= 4 is 23.5 Å². The van der Waals surface area contributed by atoms with Gasteiger partial charge in [-0.1, -0.05) is 30.3 Å². The van der Waals surface area contributed by atoms with Gasteiger partial charge >= 0.3 is 6.03 Å². The Morgan fingerprint density at radius 1 is 1.23 bits per heavy atom. The summed E-state index contributed by atoms with van der Waals surface area (Å²) in [6.45, 7) is 1.29. The van der Waals surface area contributed by atoms with E-state index in [2.05, 4.69) is 10.6 Å². The highest BCUT2D eigenvalue weighted by atomic mass is 16.6. The molecule has 0 aromatic heterocycles. The number of nitrogens with zero attached hydrogens (tertiary/aromatic N) is 2. The summed E-state index contributed by atoms with van der Waals surface area (Å²) in [5.41, 5.74) is -0.521. The van der Waals surface area contributed by atoms with Crippen molar-refractivity contribution in [1.29, 1.82) is 0 Å². The fourth-order valence-electron chi connectivity index (χ4n) is 3.41. The van der Waals surface area contributed by atoms with Gasteiger partial charge in [0.1, 0.15) is 17.8 Å². The Labute approximate surface area is 178 Å². The first-order valence-corrected chi connectivity index (χ1v) is 9.54. The molecule has 1 unspecified atom stereocenters. The largest absolute Gasteiger partial charge is 0.496 e. The van der Waals surface area contributed by atoms with Crippen molar-refractivity contribution in [2.45, 2.75) is 18.9 Å². The molecular formula is C21H22N4O6. The number of carbonyl (C=O) groups is 3. The average molecular weight is 426 g/mol. The van der Waals surface area contributed by atoms with Gasteiger partial charge in [0.05, 0.1) is 12.0 Å². The van der Waals surface area contributed by atoms with E-state index < -0.39 is 34.9 Å². The summed E-state index contributed by atoms with van der Waals surface area (Å²) in [6, 6.07) is 12.1. The Hall–Kier alpha value is -3.95. The van der Waals surface area contributed by atoms with Gasteiger partial charge in [-0.15, -0.1) is 0 Å². The monoisotopic (exact) mass is 426 g/mol. The van der Waals surface area contributed by atoms with Gasteiger partial charge in [-0.05, 0) is 30.5 Å². The van der Waals surface area contributed by atoms with E-state index in [4.69, 9.17) is 4.74 Å². The molecule has 1 heterocycles. The Morgan fingerprint density at radius 2 is 1.97 bits per heavy atom. The van der Waals surface area contributed by atoms with Crippen LogP contribution in [0.4, 0.5) is 10.5 Å². The third kappa shape index (κ3) is 4.47. The van der Waals surface area contributed by atoms with Crippen LogP contribution in [0, 0.1) is 10.1 Å². The minimum atomic E-state index is -1.50. The number of rotatable bonds is 8. The highest BCUT2D eigenvalue weighted by Crippen LogP contribution is 2.30. The number of urea groups is 1. The molecule has 10 nitrogen and oxygen atoms in total. The summed E-state index contributed by atoms with van der Waals surface area (Å²) in [6.07, 6.45) is 0.515. The molecule has 4 amide bonds. The average Bonchev–Trinajstić information content (AvgIpc) is 2.98. The number of hydrogen-bond donors (Lipinski definition) is 2. The maximum Gasteiger partial charge on any atom is 0.325 e. The molecule has 1 atom stereocenters. The first-order chi connectivity index (χ1) is 14.8. The Kier molecular flexibility index (Phi) is 6.19. The second-order valence-electron chi connectivity index (χ2n) is 7.17. The van der Waals surface area contributed by atoms with E-state index in [0.717, 1.165) is 10.5 Å². The van der Waals surface area contributed by atoms with E-state index in [1.807, 2.05) is 24.3 Å². The van der Waals surface area contributed by atoms with E-state index in [9.17, 15) is 24.5 Å². The van der Waals surface area contributed by atoms with Gasteiger partial charge in [0, 0.05) is 18.7 Å². The van der Waals surface area contributed by atoms with Crippen molar-refractivity contribution in [3.8, 4) is 5.75 Å². The Bertz CT molecular complexity index is 1040. The topological polar surface area (TPSA) is 131 Å². The molecule has 0 spiro atoms. The number of imide groups is 1. The zero-order valence-electron chi connectivity index (χ0n) is 17.1. The standard InChI is InChI=1S/C21H22N4O6/c1-21(15-7-5-8-16(12-15)25(29)30)19(27)24(20(28)23-21)13-18(26)22-11-10-14-6-3-4-9-17(14)31-2/h3-9,12H,10-11,13H2,1-2H3,(H,22,26)(H,23,28). The molecule has 3 rings (SSSR count). The number of nitro benzene ring substituents is 1. The SMILES string of the molecule is COc1ccccc1CCNC(=O)CN1C(=O)NC(C)(c2cccc([N+](=O)[O-])c2)C1=O. The lowest BCUT2D eigenvalue weighted by atomic mass is 9.91. The molecule has 10 heteroatoms. The molecule has 2 N–H and O–H groups in total. The number of non-ortho nitro benzene ring substituents is 1. The number of amides is 4. The highest BCUT2D eigenvalue weighted by molar-refractivity contribution is 6.09. The van der Waals surface area contributed by atoms with Gasteiger partial charge < -0.3 is 15.4 Å². The molecule has 0 aliphatic carbocycles. The van der Waals surface area contributed by atoms with Gasteiger partial charge in [-0.2, -0.15) is 0 Å². The predicted molar refractivity (Wildman–Crippen MR) is 110 cm³/mol. The van der Waals surface area contributed by atoms with Crippen LogP contribution in [0.15, 0.2) is 48.5 Å². The van der Waals surface area contributed by atoms with Crippen LogP contribution in [-0.2, 0) is 21.5 Å². The van der Waals surface area contributed by atoms with E-state index in [1.54, 1.807) is 7.11 Å². The van der Waals surface area contributed by atoms with E-state index in [1.165, 1.54) is 31.2 Å². The molecule has 1 saturated heterocycles. The van der Waals surface area contributed by atoms with Crippen LogP contribution >= 0.6 is 0 Å². The third-order valence-corrected chi connectivity index (χ3v) is 5.12. The number of nitrogens with one attached hydrogen (secondary N) is 2. The second-order valence-corrected chi connectivity index (χ2v) is 7.17. The molecule has 2 aromatic carbocycles. The molecule has 0 radical (unpaired) electrons. The number of nitro groups is 1. The van der Waals surface area contributed by atoms with Crippen LogP contribution < -0.4 is 15.4 Å². The Balaban J connectivity index is 1.64.